The quantitative estimate of drug-likeness (QED) is 0.352. The van der Waals surface area contributed by atoms with Crippen LogP contribution >= 0.6 is 0 Å². The molecule has 0 saturated heterocycles. The third-order valence-corrected chi connectivity index (χ3v) is 3.43. The van der Waals surface area contributed by atoms with E-state index in [1.807, 2.05) is 30.3 Å². The van der Waals surface area contributed by atoms with E-state index in [9.17, 15) is 9.59 Å². The number of hydrogen-bond acceptors (Lipinski definition) is 5. The van der Waals surface area contributed by atoms with Crippen LogP contribution in [0, 0.1) is 0 Å². The monoisotopic (exact) mass is 328 g/mol. The first-order valence-electron chi connectivity index (χ1n) is 7.74. The van der Waals surface area contributed by atoms with Crippen molar-refractivity contribution in [2.24, 2.45) is 0 Å². The first-order chi connectivity index (χ1) is 11.6. The van der Waals surface area contributed by atoms with Crippen LogP contribution in [-0.4, -0.2) is 32.3 Å². The van der Waals surface area contributed by atoms with Crippen molar-refractivity contribution in [2.75, 3.05) is 20.3 Å². The topological polar surface area (TPSA) is 61.8 Å². The fraction of sp³-hybridized carbons (Fsp3) is 0.263. The van der Waals surface area contributed by atoms with Gasteiger partial charge < -0.3 is 14.2 Å². The number of benzene rings is 2. The lowest BCUT2D eigenvalue weighted by Crippen LogP contribution is -2.18. The number of carbonyl (C=O) groups excluding carboxylic acids is 2. The van der Waals surface area contributed by atoms with E-state index in [2.05, 4.69) is 0 Å². The molecule has 5 nitrogen and oxygen atoms in total. The second kappa shape index (κ2) is 8.15. The van der Waals surface area contributed by atoms with Crippen LogP contribution in [-0.2, 0) is 19.1 Å². The van der Waals surface area contributed by atoms with Crippen LogP contribution in [0.25, 0.3) is 16.8 Å². The normalized spacial score (nSPS) is 10.1. The molecule has 0 aliphatic carbocycles. The predicted molar refractivity (Wildman–Crippen MR) is 91.7 cm³/mol. The van der Waals surface area contributed by atoms with Gasteiger partial charge in [0.1, 0.15) is 11.3 Å². The molecule has 0 N–H and O–H groups in total. The van der Waals surface area contributed by atoms with E-state index in [1.54, 1.807) is 19.9 Å². The summed E-state index contributed by atoms with van der Waals surface area (Å²) in [7, 11) is 1.54. The van der Waals surface area contributed by atoms with Gasteiger partial charge in [0.25, 0.3) is 0 Å². The summed E-state index contributed by atoms with van der Waals surface area (Å²) in [6.45, 7) is 3.70. The molecule has 2 rings (SSSR count). The Morgan fingerprint density at radius 1 is 0.958 bits per heavy atom. The second-order valence-electron chi connectivity index (χ2n) is 4.90. The minimum Gasteiger partial charge on any atom is -0.496 e. The van der Waals surface area contributed by atoms with Gasteiger partial charge in [0.15, 0.2) is 0 Å². The highest BCUT2D eigenvalue weighted by molar-refractivity contribution is 6.18. The molecule has 126 valence electrons. The highest BCUT2D eigenvalue weighted by atomic mass is 16.6. The molecule has 0 aliphatic rings. The molecule has 0 atom stereocenters. The maximum absolute atomic E-state index is 12.2. The number of fused-ring (bicyclic) bond motifs is 1. The molecular weight excluding hydrogens is 308 g/mol. The zero-order chi connectivity index (χ0) is 17.5. The summed E-state index contributed by atoms with van der Waals surface area (Å²) in [6, 6.07) is 11.4. The SMILES string of the molecule is CCOC(=O)C(=Cc1c(OC)ccc2ccccc12)C(=O)OCC. The minimum atomic E-state index is -0.717. The van der Waals surface area contributed by atoms with E-state index < -0.39 is 11.9 Å². The zero-order valence-corrected chi connectivity index (χ0v) is 14.0. The molecular formula is C19H20O5. The third-order valence-electron chi connectivity index (χ3n) is 3.43. The maximum Gasteiger partial charge on any atom is 0.345 e. The average molecular weight is 328 g/mol. The van der Waals surface area contributed by atoms with Gasteiger partial charge in [0.05, 0.1) is 20.3 Å². The van der Waals surface area contributed by atoms with Crippen LogP contribution in [0.1, 0.15) is 19.4 Å². The van der Waals surface area contributed by atoms with Crippen LogP contribution in [0.15, 0.2) is 42.0 Å². The third kappa shape index (κ3) is 3.74. The highest BCUT2D eigenvalue weighted by Gasteiger charge is 2.22. The van der Waals surface area contributed by atoms with E-state index in [-0.39, 0.29) is 18.8 Å². The van der Waals surface area contributed by atoms with Crippen molar-refractivity contribution < 1.29 is 23.8 Å². The molecule has 2 aromatic rings. The summed E-state index contributed by atoms with van der Waals surface area (Å²) in [5.41, 5.74) is 0.472. The Morgan fingerprint density at radius 3 is 2.17 bits per heavy atom. The van der Waals surface area contributed by atoms with Crippen molar-refractivity contribution in [3.05, 3.63) is 47.5 Å². The number of methoxy groups -OCH3 is 1. The number of esters is 2. The van der Waals surface area contributed by atoms with Crippen molar-refractivity contribution in [2.45, 2.75) is 13.8 Å². The molecule has 0 spiro atoms. The molecule has 0 unspecified atom stereocenters. The van der Waals surface area contributed by atoms with Gasteiger partial charge in [0, 0.05) is 5.56 Å². The Bertz CT molecular complexity index is 756. The Labute approximate surface area is 140 Å². The van der Waals surface area contributed by atoms with Crippen molar-refractivity contribution in [1.29, 1.82) is 0 Å². The lowest BCUT2D eigenvalue weighted by atomic mass is 10.0. The average Bonchev–Trinajstić information content (AvgIpc) is 2.59. The van der Waals surface area contributed by atoms with Gasteiger partial charge in [-0.1, -0.05) is 30.3 Å². The molecule has 0 aliphatic heterocycles. The van der Waals surface area contributed by atoms with Gasteiger partial charge in [-0.25, -0.2) is 9.59 Å². The maximum atomic E-state index is 12.2. The van der Waals surface area contributed by atoms with Gasteiger partial charge in [-0.3, -0.25) is 0 Å². The zero-order valence-electron chi connectivity index (χ0n) is 14.0. The first-order valence-corrected chi connectivity index (χ1v) is 7.74. The second-order valence-corrected chi connectivity index (χ2v) is 4.90. The molecule has 0 amide bonds. The van der Waals surface area contributed by atoms with Crippen LogP contribution < -0.4 is 4.74 Å². The van der Waals surface area contributed by atoms with Crippen molar-refractivity contribution >= 4 is 28.8 Å². The number of hydrogen-bond donors (Lipinski definition) is 0. The van der Waals surface area contributed by atoms with Crippen LogP contribution in [0.5, 0.6) is 5.75 Å². The first kappa shape index (κ1) is 17.5. The van der Waals surface area contributed by atoms with Gasteiger partial charge in [-0.2, -0.15) is 0 Å². The van der Waals surface area contributed by atoms with E-state index in [0.29, 0.717) is 11.3 Å². The van der Waals surface area contributed by atoms with Crippen molar-refractivity contribution in [3.63, 3.8) is 0 Å². The molecule has 2 aromatic carbocycles. The fourth-order valence-electron chi connectivity index (χ4n) is 2.37. The van der Waals surface area contributed by atoms with Crippen LogP contribution in [0.4, 0.5) is 0 Å². The Hall–Kier alpha value is -2.82. The van der Waals surface area contributed by atoms with Crippen LogP contribution in [0.3, 0.4) is 0 Å². The summed E-state index contributed by atoms with van der Waals surface area (Å²) in [4.78, 5) is 24.3. The summed E-state index contributed by atoms with van der Waals surface area (Å²) < 4.78 is 15.3. The largest absolute Gasteiger partial charge is 0.496 e. The summed E-state index contributed by atoms with van der Waals surface area (Å²) in [6.07, 6.45) is 1.47. The van der Waals surface area contributed by atoms with E-state index in [0.717, 1.165) is 10.8 Å². The Balaban J connectivity index is 2.65. The van der Waals surface area contributed by atoms with E-state index >= 15 is 0 Å². The Morgan fingerprint density at radius 2 is 1.58 bits per heavy atom. The smallest absolute Gasteiger partial charge is 0.345 e. The van der Waals surface area contributed by atoms with Gasteiger partial charge in [-0.15, -0.1) is 0 Å². The van der Waals surface area contributed by atoms with Gasteiger partial charge >= 0.3 is 11.9 Å². The Kier molecular flexibility index (Phi) is 5.95. The summed E-state index contributed by atoms with van der Waals surface area (Å²) in [5.74, 6) is -0.878. The molecule has 0 aromatic heterocycles. The number of rotatable bonds is 6. The van der Waals surface area contributed by atoms with E-state index in [1.165, 1.54) is 13.2 Å². The predicted octanol–water partition coefficient (Wildman–Crippen LogP) is 3.36. The summed E-state index contributed by atoms with van der Waals surface area (Å²) >= 11 is 0. The molecule has 0 fully saturated rings. The van der Waals surface area contributed by atoms with Crippen molar-refractivity contribution in [1.82, 2.24) is 0 Å². The van der Waals surface area contributed by atoms with Crippen LogP contribution in [0.2, 0.25) is 0 Å². The standard InChI is InChI=1S/C19H20O5/c1-4-23-18(20)16(19(21)24-5-2)12-15-14-9-7-6-8-13(14)10-11-17(15)22-3/h6-12H,4-5H2,1-3H3. The molecule has 24 heavy (non-hydrogen) atoms. The fourth-order valence-corrected chi connectivity index (χ4v) is 2.37. The van der Waals surface area contributed by atoms with E-state index in [4.69, 9.17) is 14.2 Å². The molecule has 0 bridgehead atoms. The number of carbonyl (C=O) groups is 2. The number of ether oxygens (including phenoxy) is 3. The highest BCUT2D eigenvalue weighted by Crippen LogP contribution is 2.30. The molecule has 5 heteroatoms. The van der Waals surface area contributed by atoms with Crippen molar-refractivity contribution in [3.8, 4) is 5.75 Å². The lowest BCUT2D eigenvalue weighted by molar-refractivity contribution is -0.146. The molecule has 0 radical (unpaired) electrons. The van der Waals surface area contributed by atoms with Gasteiger partial charge in [0.2, 0.25) is 0 Å². The van der Waals surface area contributed by atoms with Gasteiger partial charge in [-0.05, 0) is 36.8 Å². The lowest BCUT2D eigenvalue weighted by Gasteiger charge is -2.11. The summed E-state index contributed by atoms with van der Waals surface area (Å²) in [5, 5.41) is 1.83. The minimum absolute atomic E-state index is 0.159. The molecule has 0 saturated carbocycles. The molecule has 0 heterocycles.